The highest BCUT2D eigenvalue weighted by atomic mass is 19.4. The second-order valence-corrected chi connectivity index (χ2v) is 7.76. The monoisotopic (exact) mass is 407 g/mol. The van der Waals surface area contributed by atoms with E-state index in [4.69, 9.17) is 0 Å². The van der Waals surface area contributed by atoms with Crippen LogP contribution in [0, 0.1) is 11.7 Å². The Morgan fingerprint density at radius 3 is 2.52 bits per heavy atom. The van der Waals surface area contributed by atoms with Crippen LogP contribution in [0.1, 0.15) is 59.5 Å². The maximum absolute atomic E-state index is 13.5. The van der Waals surface area contributed by atoms with Crippen LogP contribution in [-0.4, -0.2) is 17.4 Å². The van der Waals surface area contributed by atoms with Gasteiger partial charge in [0.2, 0.25) is 0 Å². The molecule has 0 bridgehead atoms. The van der Waals surface area contributed by atoms with Gasteiger partial charge >= 0.3 is 6.18 Å². The van der Waals surface area contributed by atoms with Crippen molar-refractivity contribution in [2.75, 3.05) is 11.9 Å². The molecule has 2 N–H and O–H groups in total. The average molecular weight is 407 g/mol. The Bertz CT molecular complexity index is 921. The first kappa shape index (κ1) is 19.7. The van der Waals surface area contributed by atoms with E-state index in [9.17, 15) is 22.4 Å². The third-order valence-electron chi connectivity index (χ3n) is 5.52. The van der Waals surface area contributed by atoms with E-state index in [-0.39, 0.29) is 17.5 Å². The maximum atomic E-state index is 13.5. The molecule has 0 aliphatic heterocycles. The molecule has 0 atom stereocenters. The summed E-state index contributed by atoms with van der Waals surface area (Å²) < 4.78 is 52.2. The number of carbonyl (C=O) groups excluding carboxylic acids is 1. The fourth-order valence-corrected chi connectivity index (χ4v) is 3.46. The topological polar surface area (TPSA) is 54.0 Å². The predicted octanol–water partition coefficient (Wildman–Crippen LogP) is 5.39. The first-order chi connectivity index (χ1) is 13.8. The van der Waals surface area contributed by atoms with Gasteiger partial charge in [-0.2, -0.15) is 13.2 Å². The number of halogens is 4. The molecule has 0 radical (unpaired) electrons. The van der Waals surface area contributed by atoms with Crippen molar-refractivity contribution in [2.45, 2.75) is 44.2 Å². The van der Waals surface area contributed by atoms with Crippen LogP contribution in [0.15, 0.2) is 30.5 Å². The molecule has 1 aromatic carbocycles. The summed E-state index contributed by atoms with van der Waals surface area (Å²) >= 11 is 0. The number of aromatic nitrogens is 1. The van der Waals surface area contributed by atoms with Gasteiger partial charge in [-0.1, -0.05) is 6.42 Å². The molecule has 0 unspecified atom stereocenters. The molecule has 29 heavy (non-hydrogen) atoms. The number of benzene rings is 1. The minimum Gasteiger partial charge on any atom is -0.352 e. The van der Waals surface area contributed by atoms with Gasteiger partial charge in [-0.3, -0.25) is 4.79 Å². The summed E-state index contributed by atoms with van der Waals surface area (Å²) in [4.78, 5) is 16.8. The Balaban J connectivity index is 1.53. The molecule has 2 fully saturated rings. The van der Waals surface area contributed by atoms with Crippen LogP contribution in [0.3, 0.4) is 0 Å². The highest BCUT2D eigenvalue weighted by Gasteiger charge is 2.34. The minimum absolute atomic E-state index is 0.0788. The fourth-order valence-electron chi connectivity index (χ4n) is 3.46. The zero-order valence-electron chi connectivity index (χ0n) is 15.7. The number of nitrogens with zero attached hydrogens (tertiary/aromatic N) is 1. The number of amides is 1. The second kappa shape index (κ2) is 7.65. The summed E-state index contributed by atoms with van der Waals surface area (Å²) in [5.41, 5.74) is 0.0892. The smallest absolute Gasteiger partial charge is 0.352 e. The summed E-state index contributed by atoms with van der Waals surface area (Å²) in [5, 5.41) is 5.75. The quantitative estimate of drug-likeness (QED) is 0.632. The molecule has 4 nitrogen and oxygen atoms in total. The van der Waals surface area contributed by atoms with Crippen molar-refractivity contribution < 1.29 is 22.4 Å². The van der Waals surface area contributed by atoms with E-state index >= 15 is 0 Å². The molecule has 1 aromatic heterocycles. The van der Waals surface area contributed by atoms with Gasteiger partial charge in [0.15, 0.2) is 0 Å². The van der Waals surface area contributed by atoms with Gasteiger partial charge in [-0.25, -0.2) is 9.37 Å². The molecule has 2 aliphatic rings. The van der Waals surface area contributed by atoms with Crippen molar-refractivity contribution in [3.63, 3.8) is 0 Å². The Kier molecular flexibility index (Phi) is 5.19. The number of alkyl halides is 3. The van der Waals surface area contributed by atoms with E-state index in [1.165, 1.54) is 18.7 Å². The van der Waals surface area contributed by atoms with Crippen molar-refractivity contribution in [1.29, 1.82) is 0 Å². The third-order valence-corrected chi connectivity index (χ3v) is 5.52. The lowest BCUT2D eigenvalue weighted by molar-refractivity contribution is -0.139. The van der Waals surface area contributed by atoms with Gasteiger partial charge in [-0.05, 0) is 67.3 Å². The third kappa shape index (κ3) is 4.52. The van der Waals surface area contributed by atoms with Crippen LogP contribution < -0.4 is 10.6 Å². The van der Waals surface area contributed by atoms with Gasteiger partial charge < -0.3 is 10.6 Å². The number of anilines is 2. The lowest BCUT2D eigenvalue weighted by Gasteiger charge is -2.25. The molecule has 8 heteroatoms. The minimum atomic E-state index is -4.78. The summed E-state index contributed by atoms with van der Waals surface area (Å²) in [6.45, 7) is 0.652. The number of hydrogen-bond donors (Lipinski definition) is 2. The van der Waals surface area contributed by atoms with Crippen LogP contribution >= 0.6 is 0 Å². The van der Waals surface area contributed by atoms with Crippen LogP contribution in [0.4, 0.5) is 29.1 Å². The van der Waals surface area contributed by atoms with Crippen molar-refractivity contribution >= 4 is 17.4 Å². The molecule has 1 amide bonds. The van der Waals surface area contributed by atoms with E-state index in [0.29, 0.717) is 29.9 Å². The Morgan fingerprint density at radius 2 is 1.90 bits per heavy atom. The lowest BCUT2D eigenvalue weighted by atomic mass is 9.85. The summed E-state index contributed by atoms with van der Waals surface area (Å²) in [6.07, 6.45) is 2.07. The lowest BCUT2D eigenvalue weighted by Crippen LogP contribution is -2.32. The van der Waals surface area contributed by atoms with Crippen molar-refractivity contribution in [2.24, 2.45) is 5.92 Å². The largest absolute Gasteiger partial charge is 0.419 e. The number of hydrogen-bond acceptors (Lipinski definition) is 3. The van der Waals surface area contributed by atoms with Gasteiger partial charge in [0.05, 0.1) is 11.1 Å². The first-order valence-electron chi connectivity index (χ1n) is 9.73. The molecule has 154 valence electrons. The van der Waals surface area contributed by atoms with Crippen molar-refractivity contribution in [1.82, 2.24) is 10.3 Å². The summed E-state index contributed by atoms with van der Waals surface area (Å²) in [7, 11) is 0. The normalized spacial score (nSPS) is 17.0. The van der Waals surface area contributed by atoms with Crippen LogP contribution in [0.2, 0.25) is 0 Å². The highest BCUT2D eigenvalue weighted by Crippen LogP contribution is 2.42. The summed E-state index contributed by atoms with van der Waals surface area (Å²) in [6, 6.07) is 4.41. The molecule has 1 heterocycles. The van der Waals surface area contributed by atoms with E-state index in [1.54, 1.807) is 6.07 Å². The number of nitrogens with one attached hydrogen (secondary N) is 2. The molecule has 2 aromatic rings. The number of carbonyl (C=O) groups is 1. The highest BCUT2D eigenvalue weighted by molar-refractivity contribution is 5.96. The molecule has 4 rings (SSSR count). The van der Waals surface area contributed by atoms with Gasteiger partial charge in [0.1, 0.15) is 11.6 Å². The van der Waals surface area contributed by atoms with E-state index in [1.807, 2.05) is 0 Å². The maximum Gasteiger partial charge on any atom is 0.419 e. The van der Waals surface area contributed by atoms with Crippen molar-refractivity contribution in [3.05, 3.63) is 53.0 Å². The van der Waals surface area contributed by atoms with Gasteiger partial charge in [-0.15, -0.1) is 0 Å². The molecule has 0 spiro atoms. The first-order valence-corrected chi connectivity index (χ1v) is 9.73. The Labute approximate surface area is 165 Å². The Morgan fingerprint density at radius 1 is 1.14 bits per heavy atom. The van der Waals surface area contributed by atoms with Gasteiger partial charge in [0.25, 0.3) is 5.91 Å². The SMILES string of the molecule is O=C(NCC1CCC1)c1cnc(Nc2ccc(F)c(C(F)(F)F)c2)cc1C1CC1. The van der Waals surface area contributed by atoms with Crippen LogP contribution in [0.25, 0.3) is 0 Å². The van der Waals surface area contributed by atoms with Crippen molar-refractivity contribution in [3.8, 4) is 0 Å². The molecule has 2 saturated carbocycles. The van der Waals surface area contributed by atoms with Crippen LogP contribution in [0.5, 0.6) is 0 Å². The molecular weight excluding hydrogens is 386 g/mol. The van der Waals surface area contributed by atoms with Gasteiger partial charge in [0, 0.05) is 18.4 Å². The molecule has 0 saturated heterocycles. The average Bonchev–Trinajstić information content (AvgIpc) is 3.46. The number of pyridine rings is 1. The molecule has 2 aliphatic carbocycles. The summed E-state index contributed by atoms with van der Waals surface area (Å²) in [5.74, 6) is -0.380. The van der Waals surface area contributed by atoms with Crippen LogP contribution in [-0.2, 0) is 6.18 Å². The van der Waals surface area contributed by atoms with E-state index < -0.39 is 17.6 Å². The predicted molar refractivity (Wildman–Crippen MR) is 101 cm³/mol. The molecular formula is C21H21F4N3O. The zero-order valence-corrected chi connectivity index (χ0v) is 15.7. The van der Waals surface area contributed by atoms with E-state index in [0.717, 1.165) is 37.3 Å². The fraction of sp³-hybridized carbons (Fsp3) is 0.429. The van der Waals surface area contributed by atoms with E-state index in [2.05, 4.69) is 15.6 Å². The number of rotatable bonds is 6. The Hall–Kier alpha value is -2.64. The second-order valence-electron chi connectivity index (χ2n) is 7.76. The zero-order chi connectivity index (χ0) is 20.6. The standard InChI is InChI=1S/C21H21F4N3O/c22-18-7-6-14(8-17(18)21(23,24)25)28-19-9-15(13-4-5-13)16(11-26-19)20(29)27-10-12-2-1-3-12/h6-9,11-13H,1-5,10H2,(H,26,28)(H,27,29).